The zero-order chi connectivity index (χ0) is 14.8. The molecule has 1 aromatic rings. The molecule has 1 rings (SSSR count). The van der Waals surface area contributed by atoms with E-state index in [1.807, 2.05) is 0 Å². The van der Waals surface area contributed by atoms with Gasteiger partial charge in [0.05, 0.1) is 5.69 Å². The molecule has 1 aromatic heterocycles. The predicted molar refractivity (Wildman–Crippen MR) is 74.5 cm³/mol. The molecule has 0 aromatic carbocycles. The van der Waals surface area contributed by atoms with Gasteiger partial charge < -0.3 is 9.47 Å². The summed E-state index contributed by atoms with van der Waals surface area (Å²) in [5, 5.41) is 0. The lowest BCUT2D eigenvalue weighted by molar-refractivity contribution is -0.145. The lowest BCUT2D eigenvalue weighted by Gasteiger charge is -2.06. The molecule has 0 aliphatic rings. The lowest BCUT2D eigenvalue weighted by Crippen LogP contribution is -2.18. The van der Waals surface area contributed by atoms with E-state index < -0.39 is 11.9 Å². The van der Waals surface area contributed by atoms with Gasteiger partial charge in [0, 0.05) is 6.20 Å². The van der Waals surface area contributed by atoms with Gasteiger partial charge in [-0.25, -0.2) is 9.59 Å². The van der Waals surface area contributed by atoms with Crippen LogP contribution >= 0.6 is 0 Å². The van der Waals surface area contributed by atoms with E-state index in [1.165, 1.54) is 18.2 Å². The van der Waals surface area contributed by atoms with Crippen LogP contribution in [0.1, 0.15) is 5.69 Å². The Balaban J connectivity index is 2.97. The molecule has 20 heavy (non-hydrogen) atoms. The van der Waals surface area contributed by atoms with E-state index in [9.17, 15) is 9.59 Å². The molecule has 0 atom stereocenters. The highest BCUT2D eigenvalue weighted by Gasteiger charge is 2.21. The number of esters is 2. The highest BCUT2D eigenvalue weighted by molar-refractivity contribution is 6.17. The molecule has 104 valence electrons. The Hall–Kier alpha value is -2.69. The summed E-state index contributed by atoms with van der Waals surface area (Å²) in [4.78, 5) is 27.6. The molecule has 0 aliphatic heterocycles. The molecule has 0 N–H and O–H groups in total. The number of rotatable bonds is 7. The van der Waals surface area contributed by atoms with Crippen molar-refractivity contribution in [2.75, 3.05) is 13.2 Å². The van der Waals surface area contributed by atoms with Crippen LogP contribution in [0.4, 0.5) is 0 Å². The smallest absolute Gasteiger partial charge is 0.345 e. The van der Waals surface area contributed by atoms with Gasteiger partial charge in [-0.2, -0.15) is 0 Å². The Morgan fingerprint density at radius 2 is 1.70 bits per heavy atom. The highest BCUT2D eigenvalue weighted by Crippen LogP contribution is 2.08. The highest BCUT2D eigenvalue weighted by atomic mass is 16.6. The molecular weight excluding hydrogens is 258 g/mol. The Morgan fingerprint density at radius 1 is 1.10 bits per heavy atom. The van der Waals surface area contributed by atoms with E-state index in [0.717, 1.165) is 0 Å². The largest absolute Gasteiger partial charge is 0.458 e. The standard InChI is InChI=1S/C15H15NO4/c1-3-9-19-14(17)13(15(18)20-10-4-2)11-12-7-5-6-8-16-12/h3-8,11H,1-2,9-10H2. The number of aromatic nitrogens is 1. The fourth-order valence-corrected chi connectivity index (χ4v) is 1.24. The number of hydrogen-bond acceptors (Lipinski definition) is 5. The Labute approximate surface area is 117 Å². The lowest BCUT2D eigenvalue weighted by atomic mass is 10.2. The van der Waals surface area contributed by atoms with Crippen LogP contribution in [-0.2, 0) is 19.1 Å². The fourth-order valence-electron chi connectivity index (χ4n) is 1.24. The number of carbonyl (C=O) groups excluding carboxylic acids is 2. The maximum atomic E-state index is 11.8. The van der Waals surface area contributed by atoms with Crippen LogP contribution in [0.15, 0.2) is 55.3 Å². The third-order valence-corrected chi connectivity index (χ3v) is 2.08. The van der Waals surface area contributed by atoms with Gasteiger partial charge in [-0.1, -0.05) is 31.4 Å². The fraction of sp³-hybridized carbons (Fsp3) is 0.133. The summed E-state index contributed by atoms with van der Waals surface area (Å²) in [6.45, 7) is 6.88. The van der Waals surface area contributed by atoms with Crippen LogP contribution in [0.25, 0.3) is 6.08 Å². The van der Waals surface area contributed by atoms with Crippen LogP contribution in [-0.4, -0.2) is 30.1 Å². The summed E-state index contributed by atoms with van der Waals surface area (Å²) in [7, 11) is 0. The summed E-state index contributed by atoms with van der Waals surface area (Å²) >= 11 is 0. The molecule has 0 saturated carbocycles. The molecule has 5 nitrogen and oxygen atoms in total. The topological polar surface area (TPSA) is 65.5 Å². The van der Waals surface area contributed by atoms with Crippen LogP contribution in [0, 0.1) is 0 Å². The van der Waals surface area contributed by atoms with Crippen molar-refractivity contribution in [3.8, 4) is 0 Å². The molecule has 0 amide bonds. The molecule has 0 bridgehead atoms. The minimum atomic E-state index is -0.787. The molecule has 0 radical (unpaired) electrons. The first-order valence-electron chi connectivity index (χ1n) is 5.87. The number of pyridine rings is 1. The van der Waals surface area contributed by atoms with Crippen LogP contribution in [0.2, 0.25) is 0 Å². The monoisotopic (exact) mass is 273 g/mol. The van der Waals surface area contributed by atoms with E-state index in [1.54, 1.807) is 24.4 Å². The number of ether oxygens (including phenoxy) is 2. The van der Waals surface area contributed by atoms with Crippen LogP contribution < -0.4 is 0 Å². The number of carbonyl (C=O) groups is 2. The molecule has 0 saturated heterocycles. The zero-order valence-electron chi connectivity index (χ0n) is 11.0. The van der Waals surface area contributed by atoms with E-state index in [-0.39, 0.29) is 18.8 Å². The van der Waals surface area contributed by atoms with Crippen molar-refractivity contribution < 1.29 is 19.1 Å². The molecule has 1 heterocycles. The van der Waals surface area contributed by atoms with Gasteiger partial charge in [0.25, 0.3) is 0 Å². The molecule has 5 heteroatoms. The van der Waals surface area contributed by atoms with Crippen molar-refractivity contribution in [2.24, 2.45) is 0 Å². The van der Waals surface area contributed by atoms with E-state index in [4.69, 9.17) is 9.47 Å². The summed E-state index contributed by atoms with van der Waals surface area (Å²) < 4.78 is 9.69. The number of nitrogens with zero attached hydrogens (tertiary/aromatic N) is 1. The van der Waals surface area contributed by atoms with Crippen molar-refractivity contribution in [2.45, 2.75) is 0 Å². The molecule has 0 fully saturated rings. The Morgan fingerprint density at radius 3 is 2.15 bits per heavy atom. The van der Waals surface area contributed by atoms with Gasteiger partial charge in [-0.15, -0.1) is 0 Å². The summed E-state index contributed by atoms with van der Waals surface area (Å²) in [6, 6.07) is 5.12. The van der Waals surface area contributed by atoms with Gasteiger partial charge in [0.2, 0.25) is 0 Å². The van der Waals surface area contributed by atoms with Crippen molar-refractivity contribution in [3.05, 3.63) is 61.0 Å². The second-order valence-electron chi connectivity index (χ2n) is 3.59. The maximum Gasteiger partial charge on any atom is 0.345 e. The van der Waals surface area contributed by atoms with Gasteiger partial charge in [0.1, 0.15) is 18.8 Å². The van der Waals surface area contributed by atoms with E-state index >= 15 is 0 Å². The maximum absolute atomic E-state index is 11.8. The first kappa shape index (κ1) is 15.4. The SMILES string of the molecule is C=CCOC(=O)C(=Cc1ccccn1)C(=O)OCC=C. The van der Waals surface area contributed by atoms with Gasteiger partial charge in [-0.3, -0.25) is 4.98 Å². The Bertz CT molecular complexity index is 494. The van der Waals surface area contributed by atoms with E-state index in [2.05, 4.69) is 18.1 Å². The van der Waals surface area contributed by atoms with Gasteiger partial charge >= 0.3 is 11.9 Å². The Kier molecular flexibility index (Phi) is 6.47. The number of hydrogen-bond donors (Lipinski definition) is 0. The predicted octanol–water partition coefficient (Wildman–Crippen LogP) is 1.92. The van der Waals surface area contributed by atoms with Crippen molar-refractivity contribution in [1.29, 1.82) is 0 Å². The van der Waals surface area contributed by atoms with Crippen molar-refractivity contribution in [3.63, 3.8) is 0 Å². The third kappa shape index (κ3) is 4.89. The second-order valence-corrected chi connectivity index (χ2v) is 3.59. The molecule has 0 aliphatic carbocycles. The first-order chi connectivity index (χ1) is 9.69. The molecular formula is C15H15NO4. The first-order valence-corrected chi connectivity index (χ1v) is 5.87. The third-order valence-electron chi connectivity index (χ3n) is 2.08. The quantitative estimate of drug-likeness (QED) is 0.250. The van der Waals surface area contributed by atoms with Crippen LogP contribution in [0.5, 0.6) is 0 Å². The van der Waals surface area contributed by atoms with Crippen molar-refractivity contribution >= 4 is 18.0 Å². The minimum absolute atomic E-state index is 0.00707. The molecule has 0 unspecified atom stereocenters. The zero-order valence-corrected chi connectivity index (χ0v) is 11.0. The molecule has 0 spiro atoms. The van der Waals surface area contributed by atoms with Gasteiger partial charge in [0.15, 0.2) is 0 Å². The normalized spacial score (nSPS) is 9.20. The van der Waals surface area contributed by atoms with Gasteiger partial charge in [-0.05, 0) is 18.2 Å². The summed E-state index contributed by atoms with van der Waals surface area (Å²) in [6.07, 6.45) is 5.68. The summed E-state index contributed by atoms with van der Waals surface area (Å²) in [5.41, 5.74) is 0.223. The van der Waals surface area contributed by atoms with Crippen LogP contribution in [0.3, 0.4) is 0 Å². The average Bonchev–Trinajstić information content (AvgIpc) is 2.48. The van der Waals surface area contributed by atoms with Crippen molar-refractivity contribution in [1.82, 2.24) is 4.98 Å². The summed E-state index contributed by atoms with van der Waals surface area (Å²) in [5.74, 6) is -1.57. The average molecular weight is 273 g/mol. The minimum Gasteiger partial charge on any atom is -0.458 e. The second kappa shape index (κ2) is 8.42. The van der Waals surface area contributed by atoms with E-state index in [0.29, 0.717) is 5.69 Å².